The smallest absolute Gasteiger partial charge is 0.202 e. The number of aliphatic imine (C=N–C) groups is 1. The molecule has 8 nitrogen and oxygen atoms in total. The maximum atomic E-state index is 11.6. The minimum Gasteiger partial charge on any atom is -0.506 e. The molecule has 11 heteroatoms. The summed E-state index contributed by atoms with van der Waals surface area (Å²) in [5.74, 6) is -0.176. The Kier molecular flexibility index (Phi) is 15.3. The van der Waals surface area contributed by atoms with Crippen molar-refractivity contribution in [1.82, 2.24) is 0 Å². The number of Topliss-reactive ketones (excluding diaryl/α,β-unsaturated/α-hetero) is 1. The monoisotopic (exact) mass is 606 g/mol. The van der Waals surface area contributed by atoms with Gasteiger partial charge in [-0.25, -0.2) is 4.99 Å². The molecule has 0 unspecified atom stereocenters. The normalized spacial score (nSPS) is 12.9. The van der Waals surface area contributed by atoms with Crippen molar-refractivity contribution in [3.05, 3.63) is 93.6 Å². The Bertz CT molecular complexity index is 1340. The molecule has 0 bridgehead atoms. The van der Waals surface area contributed by atoms with E-state index < -0.39 is 0 Å². The molecule has 9 N–H and O–H groups in total. The summed E-state index contributed by atoms with van der Waals surface area (Å²) >= 11 is 11.5. The summed E-state index contributed by atoms with van der Waals surface area (Å²) in [6, 6.07) is 18.5. The van der Waals surface area contributed by atoms with Gasteiger partial charge in [-0.15, -0.1) is 12.4 Å². The molecule has 0 spiro atoms. The molecular formula is C29H37Cl3N6O2. The summed E-state index contributed by atoms with van der Waals surface area (Å²) < 4.78 is 0. The molecule has 0 saturated heterocycles. The van der Waals surface area contributed by atoms with Crippen molar-refractivity contribution in [1.29, 1.82) is 0 Å². The summed E-state index contributed by atoms with van der Waals surface area (Å²) in [6.45, 7) is 3.46. The molecule has 0 aliphatic heterocycles. The van der Waals surface area contributed by atoms with E-state index in [0.717, 1.165) is 28.3 Å². The van der Waals surface area contributed by atoms with E-state index in [1.165, 1.54) is 0 Å². The van der Waals surface area contributed by atoms with Crippen molar-refractivity contribution in [3.8, 4) is 5.75 Å². The summed E-state index contributed by atoms with van der Waals surface area (Å²) in [6.07, 6.45) is 1.65. The number of nitrogens with one attached hydrogen (secondary N) is 2. The topological polar surface area (TPSA) is 152 Å². The van der Waals surface area contributed by atoms with Crippen LogP contribution < -0.4 is 27.8 Å². The highest BCUT2D eigenvalue weighted by Crippen LogP contribution is 2.31. The van der Waals surface area contributed by atoms with Gasteiger partial charge < -0.3 is 32.9 Å². The van der Waals surface area contributed by atoms with E-state index >= 15 is 0 Å². The molecule has 40 heavy (non-hydrogen) atoms. The third kappa shape index (κ3) is 10.0. The van der Waals surface area contributed by atoms with E-state index in [2.05, 4.69) is 15.6 Å². The molecule has 0 heterocycles. The third-order valence-corrected chi connectivity index (χ3v) is 6.15. The van der Waals surface area contributed by atoms with Crippen molar-refractivity contribution >= 4 is 75.5 Å². The number of aryl methyl sites for hydroxylation is 1. The number of anilines is 4. The number of carbonyl (C=O) groups excluding carboxylic acids is 1. The Morgan fingerprint density at radius 1 is 0.825 bits per heavy atom. The minimum atomic E-state index is -0.247. The molecule has 3 aromatic carbocycles. The summed E-state index contributed by atoms with van der Waals surface area (Å²) in [5.41, 5.74) is 22.7. The quantitative estimate of drug-likeness (QED) is 0.138. The van der Waals surface area contributed by atoms with Crippen molar-refractivity contribution < 1.29 is 9.90 Å². The number of halogens is 3. The highest BCUT2D eigenvalue weighted by molar-refractivity contribution is 6.49. The Morgan fingerprint density at radius 3 is 1.80 bits per heavy atom. The lowest BCUT2D eigenvalue weighted by Gasteiger charge is -2.12. The summed E-state index contributed by atoms with van der Waals surface area (Å²) in [5, 5.41) is 15.5. The molecular weight excluding hydrogens is 571 g/mol. The molecule has 0 atom stereocenters. The van der Waals surface area contributed by atoms with E-state index in [4.69, 9.17) is 40.4 Å². The van der Waals surface area contributed by atoms with Crippen LogP contribution in [0.15, 0.2) is 88.0 Å². The third-order valence-electron chi connectivity index (χ3n) is 5.38. The number of benzene rings is 3. The summed E-state index contributed by atoms with van der Waals surface area (Å²) in [4.78, 5) is 16.0. The molecule has 0 aromatic heterocycles. The standard InChI is InChI=1S/C14H14ClN3O.C7H8ClNO.C7H10N2.CH4.ClH/c1-8-7-11(13(16)12(15)14(8)19)18-10-5-3-9(17-2)4-6-10;1-4-2-3-5(9)6(8)7(4)10;1-9-7-4-2-6(8)3-5-7;;/h3-7,17H,16H2,1-2H3;2-3,10H,9H2,1H3;2-5,9H,8H2,1H3;1H4;1H. The van der Waals surface area contributed by atoms with Gasteiger partial charge in [-0.1, -0.05) is 36.7 Å². The van der Waals surface area contributed by atoms with Gasteiger partial charge in [0.15, 0.2) is 0 Å². The Morgan fingerprint density at radius 2 is 1.32 bits per heavy atom. The predicted octanol–water partition coefficient (Wildman–Crippen LogP) is 7.04. The molecule has 1 aliphatic rings. The lowest BCUT2D eigenvalue weighted by molar-refractivity contribution is -0.111. The van der Waals surface area contributed by atoms with Crippen LogP contribution in [0.1, 0.15) is 19.9 Å². The number of carbonyl (C=O) groups is 1. The number of phenolic OH excluding ortho intramolecular Hbond substituents is 1. The number of aromatic hydroxyl groups is 1. The first-order valence-corrected chi connectivity index (χ1v) is 12.3. The second-order valence-electron chi connectivity index (χ2n) is 8.18. The minimum absolute atomic E-state index is 0. The largest absolute Gasteiger partial charge is 0.506 e. The predicted molar refractivity (Wildman–Crippen MR) is 176 cm³/mol. The van der Waals surface area contributed by atoms with Crippen LogP contribution in [0.25, 0.3) is 0 Å². The zero-order chi connectivity index (χ0) is 28.4. The maximum absolute atomic E-state index is 11.6. The molecule has 0 amide bonds. The highest BCUT2D eigenvalue weighted by atomic mass is 35.5. The van der Waals surface area contributed by atoms with Gasteiger partial charge in [-0.3, -0.25) is 4.79 Å². The van der Waals surface area contributed by atoms with Crippen molar-refractivity contribution in [3.63, 3.8) is 0 Å². The van der Waals surface area contributed by atoms with Gasteiger partial charge in [0.1, 0.15) is 15.8 Å². The first kappa shape index (κ1) is 36.1. The van der Waals surface area contributed by atoms with Crippen LogP contribution in [0.2, 0.25) is 5.02 Å². The van der Waals surface area contributed by atoms with Crippen LogP contribution in [0.5, 0.6) is 5.75 Å². The number of hydrogen-bond donors (Lipinski definition) is 6. The van der Waals surface area contributed by atoms with Gasteiger partial charge in [-0.2, -0.15) is 0 Å². The first-order valence-electron chi connectivity index (χ1n) is 11.5. The van der Waals surface area contributed by atoms with Gasteiger partial charge in [0.2, 0.25) is 5.78 Å². The van der Waals surface area contributed by atoms with E-state index in [9.17, 15) is 9.90 Å². The molecule has 0 radical (unpaired) electrons. The van der Waals surface area contributed by atoms with Gasteiger partial charge in [0.25, 0.3) is 0 Å². The first-order chi connectivity index (χ1) is 18.0. The number of nitrogens with two attached hydrogens (primary N) is 3. The van der Waals surface area contributed by atoms with Crippen LogP contribution in [0.4, 0.5) is 28.4 Å². The van der Waals surface area contributed by atoms with Crippen molar-refractivity contribution in [2.75, 3.05) is 36.2 Å². The zero-order valence-corrected chi connectivity index (χ0v) is 24.4. The van der Waals surface area contributed by atoms with Crippen LogP contribution in [-0.4, -0.2) is 30.7 Å². The molecule has 0 fully saturated rings. The SMILES string of the molecule is C.CNc1ccc(N)cc1.CNc1ccc(N=C2C=C(C)C(=O)C(Cl)=C2N)cc1.Cc1ccc(N)c(Cl)c1O.Cl. The van der Waals surface area contributed by atoms with Gasteiger partial charge in [0.05, 0.1) is 22.8 Å². The van der Waals surface area contributed by atoms with Crippen LogP contribution in [0.3, 0.4) is 0 Å². The second kappa shape index (κ2) is 17.0. The number of ketones is 1. The fourth-order valence-corrected chi connectivity index (χ4v) is 3.47. The van der Waals surface area contributed by atoms with E-state index in [1.54, 1.807) is 32.1 Å². The average molecular weight is 608 g/mol. The zero-order valence-electron chi connectivity index (χ0n) is 22.0. The summed E-state index contributed by atoms with van der Waals surface area (Å²) in [7, 11) is 3.73. The molecule has 216 valence electrons. The fraction of sp³-hybridized carbons (Fsp3) is 0.172. The molecule has 0 saturated carbocycles. The van der Waals surface area contributed by atoms with Crippen LogP contribution in [-0.2, 0) is 4.79 Å². The number of hydrogen-bond acceptors (Lipinski definition) is 8. The Labute approximate surface area is 252 Å². The number of allylic oxidation sites excluding steroid dienone is 3. The number of nitrogens with zero attached hydrogens (tertiary/aromatic N) is 1. The highest BCUT2D eigenvalue weighted by Gasteiger charge is 2.21. The van der Waals surface area contributed by atoms with Crippen LogP contribution in [0, 0.1) is 6.92 Å². The molecule has 1 aliphatic carbocycles. The Hall–Kier alpha value is -3.85. The number of phenols is 1. The number of rotatable bonds is 3. The Balaban J connectivity index is 0.000000615. The van der Waals surface area contributed by atoms with Gasteiger partial charge in [-0.05, 0) is 80.1 Å². The van der Waals surface area contributed by atoms with E-state index in [-0.39, 0.29) is 47.1 Å². The maximum Gasteiger partial charge on any atom is 0.202 e. The molecule has 3 aromatic rings. The van der Waals surface area contributed by atoms with E-state index in [0.29, 0.717) is 17.0 Å². The van der Waals surface area contributed by atoms with Crippen LogP contribution >= 0.6 is 35.6 Å². The average Bonchev–Trinajstić information content (AvgIpc) is 2.93. The van der Waals surface area contributed by atoms with Crippen molar-refractivity contribution in [2.24, 2.45) is 10.7 Å². The molecule has 4 rings (SSSR count). The van der Waals surface area contributed by atoms with Gasteiger partial charge in [0, 0.05) is 36.7 Å². The van der Waals surface area contributed by atoms with Crippen molar-refractivity contribution in [2.45, 2.75) is 21.3 Å². The lowest BCUT2D eigenvalue weighted by Crippen LogP contribution is -2.20. The second-order valence-corrected chi connectivity index (χ2v) is 8.94. The van der Waals surface area contributed by atoms with E-state index in [1.807, 2.05) is 62.6 Å². The van der Waals surface area contributed by atoms with Gasteiger partial charge >= 0.3 is 0 Å². The fourth-order valence-electron chi connectivity index (χ4n) is 3.02. The lowest BCUT2D eigenvalue weighted by atomic mass is 10.0. The number of nitrogen functional groups attached to an aromatic ring is 2.